The van der Waals surface area contributed by atoms with E-state index < -0.39 is 0 Å². The Balaban J connectivity index is 1.99. The standard InChI is InChI=1S/C22H30BrNO/c1-3-4-5-6-7-8-16-24(18-19-10-9-11-20(23)17-19)21-12-14-22(25-2)15-13-21/h9-15,17H,3-8,16,18H2,1-2H3. The molecule has 0 spiro atoms. The summed E-state index contributed by atoms with van der Waals surface area (Å²) in [7, 11) is 1.71. The fourth-order valence-corrected chi connectivity index (χ4v) is 3.48. The Morgan fingerprint density at radius 1 is 0.920 bits per heavy atom. The Morgan fingerprint density at radius 3 is 2.32 bits per heavy atom. The van der Waals surface area contributed by atoms with Crippen LogP contribution in [0.25, 0.3) is 0 Å². The van der Waals surface area contributed by atoms with Crippen LogP contribution in [-0.2, 0) is 6.54 Å². The van der Waals surface area contributed by atoms with E-state index in [4.69, 9.17) is 4.74 Å². The van der Waals surface area contributed by atoms with E-state index in [1.165, 1.54) is 49.8 Å². The molecule has 0 saturated heterocycles. The zero-order chi connectivity index (χ0) is 17.9. The number of ether oxygens (including phenoxy) is 1. The molecular formula is C22H30BrNO. The molecule has 2 aromatic carbocycles. The maximum absolute atomic E-state index is 5.29. The molecule has 25 heavy (non-hydrogen) atoms. The molecule has 0 unspecified atom stereocenters. The minimum atomic E-state index is 0.908. The van der Waals surface area contributed by atoms with Crippen molar-refractivity contribution in [3.05, 3.63) is 58.6 Å². The Morgan fingerprint density at radius 2 is 1.64 bits per heavy atom. The molecule has 2 aromatic rings. The lowest BCUT2D eigenvalue weighted by atomic mass is 10.1. The quantitative estimate of drug-likeness (QED) is 0.381. The highest BCUT2D eigenvalue weighted by Crippen LogP contribution is 2.23. The highest BCUT2D eigenvalue weighted by Gasteiger charge is 2.08. The number of hydrogen-bond acceptors (Lipinski definition) is 2. The van der Waals surface area contributed by atoms with Crippen molar-refractivity contribution in [2.75, 3.05) is 18.6 Å². The summed E-state index contributed by atoms with van der Waals surface area (Å²) in [6.45, 7) is 4.29. The van der Waals surface area contributed by atoms with Gasteiger partial charge in [0.05, 0.1) is 7.11 Å². The molecule has 0 aliphatic carbocycles. The molecule has 0 amide bonds. The van der Waals surface area contributed by atoms with Crippen LogP contribution in [0.15, 0.2) is 53.0 Å². The van der Waals surface area contributed by atoms with Crippen LogP contribution in [0.2, 0.25) is 0 Å². The molecule has 0 radical (unpaired) electrons. The topological polar surface area (TPSA) is 12.5 Å². The molecule has 0 atom stereocenters. The maximum atomic E-state index is 5.29. The predicted molar refractivity (Wildman–Crippen MR) is 112 cm³/mol. The van der Waals surface area contributed by atoms with Crippen molar-refractivity contribution in [2.24, 2.45) is 0 Å². The van der Waals surface area contributed by atoms with Gasteiger partial charge in [-0.15, -0.1) is 0 Å². The van der Waals surface area contributed by atoms with Gasteiger partial charge in [-0.2, -0.15) is 0 Å². The molecule has 0 aliphatic heterocycles. The van der Waals surface area contributed by atoms with E-state index >= 15 is 0 Å². The van der Waals surface area contributed by atoms with E-state index in [0.29, 0.717) is 0 Å². The van der Waals surface area contributed by atoms with Gasteiger partial charge in [0.1, 0.15) is 5.75 Å². The molecule has 0 bridgehead atoms. The molecule has 0 aromatic heterocycles. The highest BCUT2D eigenvalue weighted by molar-refractivity contribution is 9.10. The maximum Gasteiger partial charge on any atom is 0.119 e. The van der Waals surface area contributed by atoms with Gasteiger partial charge < -0.3 is 9.64 Å². The number of nitrogens with zero attached hydrogens (tertiary/aromatic N) is 1. The van der Waals surface area contributed by atoms with Crippen molar-refractivity contribution in [3.8, 4) is 5.75 Å². The summed E-state index contributed by atoms with van der Waals surface area (Å²) >= 11 is 3.58. The molecule has 2 rings (SSSR count). The van der Waals surface area contributed by atoms with Gasteiger partial charge in [-0.3, -0.25) is 0 Å². The van der Waals surface area contributed by atoms with E-state index in [1.54, 1.807) is 7.11 Å². The summed E-state index contributed by atoms with van der Waals surface area (Å²) in [5.74, 6) is 0.908. The van der Waals surface area contributed by atoms with Gasteiger partial charge in [-0.05, 0) is 48.4 Å². The van der Waals surface area contributed by atoms with Crippen LogP contribution in [0.5, 0.6) is 5.75 Å². The summed E-state index contributed by atoms with van der Waals surface area (Å²) in [4.78, 5) is 2.47. The molecular weight excluding hydrogens is 374 g/mol. The van der Waals surface area contributed by atoms with Crippen LogP contribution in [0.4, 0.5) is 5.69 Å². The van der Waals surface area contributed by atoms with Crippen LogP contribution in [0.1, 0.15) is 51.0 Å². The van der Waals surface area contributed by atoms with Crippen molar-refractivity contribution in [1.82, 2.24) is 0 Å². The average Bonchev–Trinajstić information content (AvgIpc) is 2.64. The molecule has 136 valence electrons. The zero-order valence-electron chi connectivity index (χ0n) is 15.5. The first-order valence-corrected chi connectivity index (χ1v) is 10.2. The number of hydrogen-bond donors (Lipinski definition) is 0. The molecule has 0 N–H and O–H groups in total. The summed E-state index contributed by atoms with van der Waals surface area (Å²) in [6, 6.07) is 17.0. The fourth-order valence-electron chi connectivity index (χ4n) is 3.03. The van der Waals surface area contributed by atoms with Crippen molar-refractivity contribution >= 4 is 21.6 Å². The fraction of sp³-hybridized carbons (Fsp3) is 0.455. The number of halogens is 1. The minimum Gasteiger partial charge on any atom is -0.497 e. The molecule has 0 heterocycles. The monoisotopic (exact) mass is 403 g/mol. The van der Waals surface area contributed by atoms with Crippen LogP contribution in [0, 0.1) is 0 Å². The predicted octanol–water partition coefficient (Wildman–Crippen LogP) is 6.82. The largest absolute Gasteiger partial charge is 0.497 e. The first-order chi connectivity index (χ1) is 12.2. The summed E-state index contributed by atoms with van der Waals surface area (Å²) < 4.78 is 6.43. The van der Waals surface area contributed by atoms with E-state index in [1.807, 2.05) is 12.1 Å². The summed E-state index contributed by atoms with van der Waals surface area (Å²) in [6.07, 6.45) is 7.93. The van der Waals surface area contributed by atoms with Gasteiger partial charge in [-0.1, -0.05) is 67.1 Å². The van der Waals surface area contributed by atoms with Crippen LogP contribution < -0.4 is 9.64 Å². The van der Waals surface area contributed by atoms with Gasteiger partial charge >= 0.3 is 0 Å². The molecule has 0 aliphatic rings. The smallest absolute Gasteiger partial charge is 0.119 e. The molecule has 0 saturated carbocycles. The van der Waals surface area contributed by atoms with E-state index in [2.05, 4.69) is 64.2 Å². The van der Waals surface area contributed by atoms with Gasteiger partial charge in [-0.25, -0.2) is 0 Å². The Labute approximate surface area is 161 Å². The van der Waals surface area contributed by atoms with Gasteiger partial charge in [0.25, 0.3) is 0 Å². The van der Waals surface area contributed by atoms with Crippen molar-refractivity contribution in [1.29, 1.82) is 0 Å². The van der Waals surface area contributed by atoms with E-state index in [9.17, 15) is 0 Å². The SMILES string of the molecule is CCCCCCCCN(Cc1cccc(Br)c1)c1ccc(OC)cc1. The van der Waals surface area contributed by atoms with E-state index in [0.717, 1.165) is 23.3 Å². The molecule has 3 heteroatoms. The van der Waals surface area contributed by atoms with Crippen molar-refractivity contribution < 1.29 is 4.74 Å². The number of unbranched alkanes of at least 4 members (excludes halogenated alkanes) is 5. The summed E-state index contributed by atoms with van der Waals surface area (Å²) in [5.41, 5.74) is 2.59. The number of methoxy groups -OCH3 is 1. The number of anilines is 1. The number of rotatable bonds is 11. The third-order valence-corrected chi connectivity index (χ3v) is 4.97. The summed E-state index contributed by atoms with van der Waals surface area (Å²) in [5, 5.41) is 0. The molecule has 2 nitrogen and oxygen atoms in total. The highest BCUT2D eigenvalue weighted by atomic mass is 79.9. The van der Waals surface area contributed by atoms with Crippen LogP contribution in [0.3, 0.4) is 0 Å². The van der Waals surface area contributed by atoms with Crippen molar-refractivity contribution in [2.45, 2.75) is 52.0 Å². The third kappa shape index (κ3) is 7.11. The molecule has 0 fully saturated rings. The van der Waals surface area contributed by atoms with Gasteiger partial charge in [0.15, 0.2) is 0 Å². The lowest BCUT2D eigenvalue weighted by molar-refractivity contribution is 0.415. The first kappa shape index (κ1) is 19.8. The first-order valence-electron chi connectivity index (χ1n) is 9.36. The van der Waals surface area contributed by atoms with E-state index in [-0.39, 0.29) is 0 Å². The Bertz CT molecular complexity index is 612. The average molecular weight is 404 g/mol. The second kappa shape index (κ2) is 11.2. The lowest BCUT2D eigenvalue weighted by Crippen LogP contribution is -2.23. The second-order valence-corrected chi connectivity index (χ2v) is 7.43. The van der Waals surface area contributed by atoms with Gasteiger partial charge in [0.2, 0.25) is 0 Å². The second-order valence-electron chi connectivity index (χ2n) is 6.52. The zero-order valence-corrected chi connectivity index (χ0v) is 17.1. The van der Waals surface area contributed by atoms with Crippen LogP contribution in [-0.4, -0.2) is 13.7 Å². The normalized spacial score (nSPS) is 10.7. The van der Waals surface area contributed by atoms with Crippen LogP contribution >= 0.6 is 15.9 Å². The third-order valence-electron chi connectivity index (χ3n) is 4.48. The Kier molecular flexibility index (Phi) is 8.89. The van der Waals surface area contributed by atoms with Crippen molar-refractivity contribution in [3.63, 3.8) is 0 Å². The minimum absolute atomic E-state index is 0.908. The lowest BCUT2D eigenvalue weighted by Gasteiger charge is -2.25. The number of benzene rings is 2. The Hall–Kier alpha value is -1.48. The van der Waals surface area contributed by atoms with Gasteiger partial charge in [0, 0.05) is 23.2 Å².